The van der Waals surface area contributed by atoms with Crippen LogP contribution in [0.4, 0.5) is 10.2 Å². The van der Waals surface area contributed by atoms with E-state index < -0.39 is 17.2 Å². The Morgan fingerprint density at radius 3 is 2.83 bits per heavy atom. The van der Waals surface area contributed by atoms with Crippen LogP contribution in [0, 0.1) is 12.7 Å². The van der Waals surface area contributed by atoms with E-state index in [9.17, 15) is 9.59 Å². The van der Waals surface area contributed by atoms with Crippen LogP contribution in [0.1, 0.15) is 16.2 Å². The monoisotopic (exact) mass is 506 g/mol. The van der Waals surface area contributed by atoms with Crippen molar-refractivity contribution in [1.82, 2.24) is 24.3 Å². The third-order valence-electron chi connectivity index (χ3n) is 6.45. The van der Waals surface area contributed by atoms with Crippen molar-refractivity contribution >= 4 is 49.1 Å². The van der Waals surface area contributed by atoms with E-state index in [0.717, 1.165) is 16.0 Å². The molecule has 1 fully saturated rings. The van der Waals surface area contributed by atoms with Gasteiger partial charge in [-0.3, -0.25) is 14.0 Å². The molecule has 1 aliphatic rings. The second-order valence-corrected chi connectivity index (χ2v) is 9.63. The molecule has 1 amide bonds. The van der Waals surface area contributed by atoms with E-state index in [-0.39, 0.29) is 16.8 Å². The summed E-state index contributed by atoms with van der Waals surface area (Å²) in [4.78, 5) is 38.1. The van der Waals surface area contributed by atoms with E-state index in [4.69, 9.17) is 4.74 Å². The summed E-state index contributed by atoms with van der Waals surface area (Å²) >= 11 is 1.34. The standard InChI is InChI=1S/C25H23FN6O3S/c1-15-27-6-8-30(15)9-7-28-24(34)20-21(33)16-14-17(26)23(31-10-12-35-13-11-31)29-22(16)32-18-4-2-3-5-19(18)36-25(20)32/h2-6,8,14H,7,9-13H2,1H3,(H,28,34). The molecule has 5 aromatic rings. The summed E-state index contributed by atoms with van der Waals surface area (Å²) < 4.78 is 25.3. The van der Waals surface area contributed by atoms with Gasteiger partial charge in [-0.2, -0.15) is 0 Å². The highest BCUT2D eigenvalue weighted by Crippen LogP contribution is 2.32. The van der Waals surface area contributed by atoms with Crippen LogP contribution >= 0.6 is 11.3 Å². The number of anilines is 1. The quantitative estimate of drug-likeness (QED) is 0.394. The molecule has 36 heavy (non-hydrogen) atoms. The number of nitrogens with zero attached hydrogens (tertiary/aromatic N) is 5. The molecule has 0 unspecified atom stereocenters. The van der Waals surface area contributed by atoms with Crippen molar-refractivity contribution in [3.8, 4) is 0 Å². The molecule has 0 bridgehead atoms. The first-order valence-electron chi connectivity index (χ1n) is 11.7. The van der Waals surface area contributed by atoms with Gasteiger partial charge in [0.15, 0.2) is 17.3 Å². The molecule has 0 spiro atoms. The first kappa shape index (κ1) is 22.6. The zero-order chi connectivity index (χ0) is 24.8. The van der Waals surface area contributed by atoms with Crippen molar-refractivity contribution < 1.29 is 13.9 Å². The molecule has 0 atom stereocenters. The van der Waals surface area contributed by atoms with Gasteiger partial charge in [0.25, 0.3) is 5.91 Å². The van der Waals surface area contributed by atoms with Gasteiger partial charge in [0.2, 0.25) is 5.43 Å². The van der Waals surface area contributed by atoms with Gasteiger partial charge < -0.3 is 19.5 Å². The number of carbonyl (C=O) groups excluding carboxylic acids is 1. The SMILES string of the molecule is Cc1nccn1CCNC(=O)c1c(=O)c2cc(F)c(N3CCOCC3)nc2n2c1sc1ccccc12. The van der Waals surface area contributed by atoms with Crippen molar-refractivity contribution in [2.75, 3.05) is 37.7 Å². The van der Waals surface area contributed by atoms with Crippen LogP contribution in [0.15, 0.2) is 47.5 Å². The number of benzene rings is 1. The van der Waals surface area contributed by atoms with Crippen LogP contribution in [-0.2, 0) is 11.3 Å². The minimum absolute atomic E-state index is 0.00799. The number of halogens is 1. The number of fused-ring (bicyclic) bond motifs is 5. The minimum Gasteiger partial charge on any atom is -0.378 e. The van der Waals surface area contributed by atoms with Crippen LogP contribution in [0.25, 0.3) is 26.1 Å². The first-order valence-corrected chi connectivity index (χ1v) is 12.5. The number of nitrogens with one attached hydrogen (secondary N) is 1. The largest absolute Gasteiger partial charge is 0.378 e. The third kappa shape index (κ3) is 3.71. The number of ether oxygens (including phenoxy) is 1. The summed E-state index contributed by atoms with van der Waals surface area (Å²) in [5.41, 5.74) is 0.595. The number of morpholine rings is 1. The van der Waals surface area contributed by atoms with E-state index in [1.165, 1.54) is 17.4 Å². The number of hydrogen-bond donors (Lipinski definition) is 1. The van der Waals surface area contributed by atoms with Crippen LogP contribution in [0.2, 0.25) is 0 Å². The topological polar surface area (TPSA) is 93.8 Å². The molecule has 11 heteroatoms. The summed E-state index contributed by atoms with van der Waals surface area (Å²) in [5.74, 6) is -0.0777. The van der Waals surface area contributed by atoms with E-state index in [1.807, 2.05) is 46.9 Å². The van der Waals surface area contributed by atoms with Gasteiger partial charge in [0, 0.05) is 38.6 Å². The Morgan fingerprint density at radius 2 is 2.06 bits per heavy atom. The average Bonchev–Trinajstić information content (AvgIpc) is 3.47. The van der Waals surface area contributed by atoms with Crippen LogP contribution in [0.3, 0.4) is 0 Å². The third-order valence-corrected chi connectivity index (χ3v) is 7.60. The van der Waals surface area contributed by atoms with Gasteiger partial charge in [0.05, 0.1) is 28.8 Å². The predicted molar refractivity (Wildman–Crippen MR) is 137 cm³/mol. The summed E-state index contributed by atoms with van der Waals surface area (Å²) in [5, 5.41) is 2.92. The summed E-state index contributed by atoms with van der Waals surface area (Å²) in [6, 6.07) is 8.83. The molecule has 0 radical (unpaired) electrons. The summed E-state index contributed by atoms with van der Waals surface area (Å²) in [7, 11) is 0. The zero-order valence-electron chi connectivity index (χ0n) is 19.5. The van der Waals surface area contributed by atoms with Crippen LogP contribution < -0.4 is 15.6 Å². The highest BCUT2D eigenvalue weighted by Gasteiger charge is 2.25. The predicted octanol–water partition coefficient (Wildman–Crippen LogP) is 2.97. The first-order chi connectivity index (χ1) is 17.5. The second kappa shape index (κ2) is 8.99. The van der Waals surface area contributed by atoms with Gasteiger partial charge in [-0.25, -0.2) is 14.4 Å². The fraction of sp³-hybridized carbons (Fsp3) is 0.280. The molecule has 9 nitrogen and oxygen atoms in total. The minimum atomic E-state index is -0.595. The van der Waals surface area contributed by atoms with Crippen molar-refractivity contribution in [2.24, 2.45) is 0 Å². The normalized spacial score (nSPS) is 14.2. The number of imidazole rings is 1. The number of thiazole rings is 1. The molecule has 5 heterocycles. The average molecular weight is 507 g/mol. The molecule has 6 rings (SSSR count). The fourth-order valence-electron chi connectivity index (χ4n) is 4.62. The van der Waals surface area contributed by atoms with Gasteiger partial charge in [0.1, 0.15) is 16.2 Å². The Bertz CT molecular complexity index is 1680. The molecule has 0 saturated carbocycles. The molecule has 184 valence electrons. The number of aromatic nitrogens is 4. The fourth-order valence-corrected chi connectivity index (χ4v) is 5.80. The Balaban J connectivity index is 1.51. The van der Waals surface area contributed by atoms with Crippen molar-refractivity contribution in [2.45, 2.75) is 13.5 Å². The molecular weight excluding hydrogens is 483 g/mol. The Hall–Kier alpha value is -3.83. The van der Waals surface area contributed by atoms with Gasteiger partial charge >= 0.3 is 0 Å². The van der Waals surface area contributed by atoms with Gasteiger partial charge in [-0.1, -0.05) is 12.1 Å². The lowest BCUT2D eigenvalue weighted by Crippen LogP contribution is -2.37. The molecule has 1 saturated heterocycles. The lowest BCUT2D eigenvalue weighted by molar-refractivity contribution is 0.0953. The molecule has 1 aromatic carbocycles. The highest BCUT2D eigenvalue weighted by atomic mass is 32.1. The number of hydrogen-bond acceptors (Lipinski definition) is 7. The van der Waals surface area contributed by atoms with Crippen LogP contribution in [0.5, 0.6) is 0 Å². The number of pyridine rings is 2. The Morgan fingerprint density at radius 1 is 1.25 bits per heavy atom. The number of amides is 1. The molecule has 0 aliphatic carbocycles. The zero-order valence-corrected chi connectivity index (χ0v) is 20.3. The highest BCUT2D eigenvalue weighted by molar-refractivity contribution is 7.24. The van der Waals surface area contributed by atoms with E-state index in [1.54, 1.807) is 10.6 Å². The summed E-state index contributed by atoms with van der Waals surface area (Å²) in [6.07, 6.45) is 3.53. The van der Waals surface area contributed by atoms with Crippen molar-refractivity contribution in [3.05, 3.63) is 70.2 Å². The van der Waals surface area contributed by atoms with Crippen molar-refractivity contribution in [1.29, 1.82) is 0 Å². The Labute approximate surface area is 208 Å². The number of rotatable bonds is 5. The van der Waals surface area contributed by atoms with Crippen LogP contribution in [-0.4, -0.2) is 57.7 Å². The Kier molecular flexibility index (Phi) is 5.65. The molecular formula is C25H23FN6O3S. The second-order valence-electron chi connectivity index (χ2n) is 8.60. The van der Waals surface area contributed by atoms with Crippen molar-refractivity contribution in [3.63, 3.8) is 0 Å². The smallest absolute Gasteiger partial charge is 0.258 e. The summed E-state index contributed by atoms with van der Waals surface area (Å²) in [6.45, 7) is 4.68. The van der Waals surface area contributed by atoms with E-state index in [0.29, 0.717) is 49.9 Å². The number of aryl methyl sites for hydroxylation is 1. The van der Waals surface area contributed by atoms with E-state index in [2.05, 4.69) is 15.3 Å². The lowest BCUT2D eigenvalue weighted by Gasteiger charge is -2.28. The lowest BCUT2D eigenvalue weighted by atomic mass is 10.1. The van der Waals surface area contributed by atoms with Gasteiger partial charge in [-0.15, -0.1) is 11.3 Å². The number of carbonyl (C=O) groups is 1. The maximum Gasteiger partial charge on any atom is 0.258 e. The maximum absolute atomic E-state index is 15.3. The van der Waals surface area contributed by atoms with Gasteiger partial charge in [-0.05, 0) is 25.1 Å². The molecule has 1 aliphatic heterocycles. The molecule has 1 N–H and O–H groups in total. The van der Waals surface area contributed by atoms with E-state index >= 15 is 4.39 Å². The number of para-hydroxylation sites is 1. The maximum atomic E-state index is 15.3. The molecule has 4 aromatic heterocycles.